The Morgan fingerprint density at radius 3 is 2.38 bits per heavy atom. The fraction of sp³-hybridized carbons (Fsp3) is 0.647. The van der Waals surface area contributed by atoms with Gasteiger partial charge in [-0.2, -0.15) is 0 Å². The van der Waals surface area contributed by atoms with Crippen molar-refractivity contribution in [1.29, 1.82) is 0 Å². The minimum atomic E-state index is 0.543. The lowest BCUT2D eigenvalue weighted by molar-refractivity contribution is 0.246. The van der Waals surface area contributed by atoms with Crippen LogP contribution in [0, 0.1) is 5.92 Å². The van der Waals surface area contributed by atoms with Crippen LogP contribution in [0.3, 0.4) is 0 Å². The molecule has 0 heterocycles. The molecule has 0 aromatic heterocycles. The zero-order valence-corrected chi connectivity index (χ0v) is 14.3. The summed E-state index contributed by atoms with van der Waals surface area (Å²) in [7, 11) is 7.66. The second-order valence-corrected chi connectivity index (χ2v) is 6.06. The average Bonchev–Trinajstić information content (AvgIpc) is 2.45. The summed E-state index contributed by atoms with van der Waals surface area (Å²) in [6, 6.07) is 6.44. The Morgan fingerprint density at radius 1 is 1.14 bits per heavy atom. The number of hydrogen-bond acceptors (Lipinski definition) is 4. The first-order valence-electron chi connectivity index (χ1n) is 7.56. The van der Waals surface area contributed by atoms with Crippen LogP contribution >= 0.6 is 0 Å². The minimum absolute atomic E-state index is 0.543. The molecule has 0 fully saturated rings. The molecule has 4 nitrogen and oxygen atoms in total. The molecule has 1 atom stereocenters. The molecule has 120 valence electrons. The number of hydrogen-bond donors (Lipinski definition) is 1. The molecule has 4 heteroatoms. The van der Waals surface area contributed by atoms with Crippen LogP contribution in [0.2, 0.25) is 0 Å². The summed E-state index contributed by atoms with van der Waals surface area (Å²) in [6.45, 7) is 6.28. The standard InChI is InChI=1S/C17H30N2O2/c1-13(2)9-15(19(3)4)12-18-11-14-10-16(20-5)7-8-17(14)21-6/h7-8,10,13,15,18H,9,11-12H2,1-6H3/t15-/m0/s1. The van der Waals surface area contributed by atoms with Gasteiger partial charge in [0.05, 0.1) is 14.2 Å². The largest absolute Gasteiger partial charge is 0.497 e. The van der Waals surface area contributed by atoms with Crippen LogP contribution in [-0.4, -0.2) is 45.8 Å². The van der Waals surface area contributed by atoms with Crippen LogP contribution in [0.15, 0.2) is 18.2 Å². The van der Waals surface area contributed by atoms with Crippen LogP contribution in [0.5, 0.6) is 11.5 Å². The molecule has 0 bridgehead atoms. The summed E-state index contributed by atoms with van der Waals surface area (Å²) in [6.07, 6.45) is 1.19. The molecule has 21 heavy (non-hydrogen) atoms. The Morgan fingerprint density at radius 2 is 1.86 bits per heavy atom. The minimum Gasteiger partial charge on any atom is -0.497 e. The molecule has 1 aromatic carbocycles. The third-order valence-corrected chi connectivity index (χ3v) is 3.66. The van der Waals surface area contributed by atoms with Crippen molar-refractivity contribution in [1.82, 2.24) is 10.2 Å². The lowest BCUT2D eigenvalue weighted by Gasteiger charge is -2.26. The van der Waals surface area contributed by atoms with Crippen molar-refractivity contribution in [2.45, 2.75) is 32.9 Å². The summed E-state index contributed by atoms with van der Waals surface area (Å²) in [5.74, 6) is 2.46. The van der Waals surface area contributed by atoms with Crippen molar-refractivity contribution in [3.05, 3.63) is 23.8 Å². The van der Waals surface area contributed by atoms with E-state index in [1.807, 2.05) is 18.2 Å². The summed E-state index contributed by atoms with van der Waals surface area (Å²) in [5, 5.41) is 3.54. The first-order valence-corrected chi connectivity index (χ1v) is 7.56. The van der Waals surface area contributed by atoms with E-state index in [0.717, 1.165) is 30.2 Å². The highest BCUT2D eigenvalue weighted by Gasteiger charge is 2.13. The van der Waals surface area contributed by atoms with Crippen LogP contribution in [0.4, 0.5) is 0 Å². The topological polar surface area (TPSA) is 33.7 Å². The second-order valence-electron chi connectivity index (χ2n) is 6.06. The molecular weight excluding hydrogens is 264 g/mol. The molecule has 0 amide bonds. The summed E-state index contributed by atoms with van der Waals surface area (Å²) >= 11 is 0. The van der Waals surface area contributed by atoms with Gasteiger partial charge < -0.3 is 19.7 Å². The molecule has 1 N–H and O–H groups in total. The Labute approximate surface area is 129 Å². The van der Waals surface area contributed by atoms with Crippen LogP contribution < -0.4 is 14.8 Å². The van der Waals surface area contributed by atoms with Gasteiger partial charge in [0.25, 0.3) is 0 Å². The molecule has 0 aliphatic heterocycles. The lowest BCUT2D eigenvalue weighted by Crippen LogP contribution is -2.38. The summed E-state index contributed by atoms with van der Waals surface area (Å²) in [4.78, 5) is 2.29. The predicted octanol–water partition coefficient (Wildman–Crippen LogP) is 2.77. The van der Waals surface area contributed by atoms with Crippen molar-refractivity contribution in [3.8, 4) is 11.5 Å². The van der Waals surface area contributed by atoms with Gasteiger partial charge in [0, 0.05) is 24.7 Å². The molecular formula is C17H30N2O2. The summed E-state index contributed by atoms with van der Waals surface area (Å²) < 4.78 is 10.7. The number of rotatable bonds is 9. The maximum absolute atomic E-state index is 5.41. The van der Waals surface area contributed by atoms with Gasteiger partial charge in [-0.25, -0.2) is 0 Å². The highest BCUT2D eigenvalue weighted by Crippen LogP contribution is 2.23. The predicted molar refractivity (Wildman–Crippen MR) is 88.2 cm³/mol. The van der Waals surface area contributed by atoms with Crippen molar-refractivity contribution >= 4 is 0 Å². The van der Waals surface area contributed by atoms with E-state index in [0.29, 0.717) is 12.0 Å². The summed E-state index contributed by atoms with van der Waals surface area (Å²) in [5.41, 5.74) is 1.12. The molecule has 0 aliphatic carbocycles. The van der Waals surface area contributed by atoms with Crippen LogP contribution in [0.1, 0.15) is 25.8 Å². The van der Waals surface area contributed by atoms with E-state index in [1.165, 1.54) is 6.42 Å². The maximum Gasteiger partial charge on any atom is 0.123 e. The first kappa shape index (κ1) is 17.8. The highest BCUT2D eigenvalue weighted by atomic mass is 16.5. The molecule has 1 aromatic rings. The fourth-order valence-corrected chi connectivity index (χ4v) is 2.41. The van der Waals surface area contributed by atoms with Crippen LogP contribution in [-0.2, 0) is 6.54 Å². The first-order chi connectivity index (χ1) is 9.97. The number of benzene rings is 1. The van der Waals surface area contributed by atoms with Crippen LogP contribution in [0.25, 0.3) is 0 Å². The fourth-order valence-electron chi connectivity index (χ4n) is 2.41. The van der Waals surface area contributed by atoms with E-state index in [4.69, 9.17) is 9.47 Å². The smallest absolute Gasteiger partial charge is 0.123 e. The van der Waals surface area contributed by atoms with Gasteiger partial charge in [0.2, 0.25) is 0 Å². The molecule has 0 radical (unpaired) electrons. The zero-order valence-electron chi connectivity index (χ0n) is 14.3. The average molecular weight is 294 g/mol. The van der Waals surface area contributed by atoms with E-state index in [9.17, 15) is 0 Å². The van der Waals surface area contributed by atoms with Crippen molar-refractivity contribution in [3.63, 3.8) is 0 Å². The number of nitrogens with zero attached hydrogens (tertiary/aromatic N) is 1. The zero-order chi connectivity index (χ0) is 15.8. The third-order valence-electron chi connectivity index (χ3n) is 3.66. The number of methoxy groups -OCH3 is 2. The van der Waals surface area contributed by atoms with Gasteiger partial charge in [-0.05, 0) is 44.6 Å². The molecule has 0 saturated carbocycles. The monoisotopic (exact) mass is 294 g/mol. The SMILES string of the molecule is COc1ccc(OC)c(CNC[C@H](CC(C)C)N(C)C)c1. The Balaban J connectivity index is 2.61. The quantitative estimate of drug-likeness (QED) is 0.759. The lowest BCUT2D eigenvalue weighted by atomic mass is 10.0. The molecule has 1 rings (SSSR count). The van der Waals surface area contributed by atoms with Gasteiger partial charge in [0.1, 0.15) is 11.5 Å². The Kier molecular flexibility index (Phi) is 7.54. The Bertz CT molecular complexity index is 419. The molecule has 0 saturated heterocycles. The van der Waals surface area contributed by atoms with E-state index in [1.54, 1.807) is 14.2 Å². The second kappa shape index (κ2) is 8.90. The van der Waals surface area contributed by atoms with Gasteiger partial charge in [-0.3, -0.25) is 0 Å². The maximum atomic E-state index is 5.41. The highest BCUT2D eigenvalue weighted by molar-refractivity contribution is 5.40. The third kappa shape index (κ3) is 5.94. The van der Waals surface area contributed by atoms with E-state index in [2.05, 4.69) is 38.2 Å². The van der Waals surface area contributed by atoms with Crippen molar-refractivity contribution in [2.75, 3.05) is 34.9 Å². The molecule has 0 unspecified atom stereocenters. The molecule has 0 aliphatic rings. The van der Waals surface area contributed by atoms with E-state index in [-0.39, 0.29) is 0 Å². The van der Waals surface area contributed by atoms with Crippen molar-refractivity contribution in [2.24, 2.45) is 5.92 Å². The number of likely N-dealkylation sites (N-methyl/N-ethyl adjacent to an activating group) is 1. The van der Waals surface area contributed by atoms with Crippen molar-refractivity contribution < 1.29 is 9.47 Å². The van der Waals surface area contributed by atoms with Gasteiger partial charge in [-0.15, -0.1) is 0 Å². The Hall–Kier alpha value is -1.26. The van der Waals surface area contributed by atoms with E-state index >= 15 is 0 Å². The number of ether oxygens (including phenoxy) is 2. The van der Waals surface area contributed by atoms with Gasteiger partial charge >= 0.3 is 0 Å². The van der Waals surface area contributed by atoms with Gasteiger partial charge in [0.15, 0.2) is 0 Å². The number of nitrogens with one attached hydrogen (secondary N) is 1. The normalized spacial score (nSPS) is 12.8. The molecule has 0 spiro atoms. The van der Waals surface area contributed by atoms with E-state index < -0.39 is 0 Å². The van der Waals surface area contributed by atoms with Gasteiger partial charge in [-0.1, -0.05) is 13.8 Å².